The van der Waals surface area contributed by atoms with Crippen molar-refractivity contribution in [3.63, 3.8) is 0 Å². The highest BCUT2D eigenvalue weighted by Crippen LogP contribution is 2.43. The Morgan fingerprint density at radius 2 is 1.78 bits per heavy atom. The molecule has 1 saturated heterocycles. The predicted octanol–water partition coefficient (Wildman–Crippen LogP) is 3.61. The summed E-state index contributed by atoms with van der Waals surface area (Å²) in [6.07, 6.45) is 1.76. The maximum absolute atomic E-state index is 13.3. The lowest BCUT2D eigenvalue weighted by Gasteiger charge is -2.39. The molecule has 1 aliphatic heterocycles. The van der Waals surface area contributed by atoms with Crippen molar-refractivity contribution in [2.75, 3.05) is 20.1 Å². The second-order valence-electron chi connectivity index (χ2n) is 6.70. The SMILES string of the molecule is Cc1cc(C(O)(c2ccc(F)cc2)C2CCN(C)CC2)oc1C. The number of hydrogen-bond donors (Lipinski definition) is 1. The molecule has 124 valence electrons. The molecule has 1 atom stereocenters. The van der Waals surface area contributed by atoms with E-state index in [4.69, 9.17) is 4.42 Å². The Hall–Kier alpha value is -1.65. The molecule has 1 unspecified atom stereocenters. The summed E-state index contributed by atoms with van der Waals surface area (Å²) in [5.74, 6) is 1.13. The molecule has 1 aromatic heterocycles. The molecular formula is C19H24FNO2. The number of rotatable bonds is 3. The predicted molar refractivity (Wildman–Crippen MR) is 87.8 cm³/mol. The van der Waals surface area contributed by atoms with Gasteiger partial charge in [-0.2, -0.15) is 0 Å². The van der Waals surface area contributed by atoms with Gasteiger partial charge in [0.05, 0.1) is 0 Å². The zero-order valence-corrected chi connectivity index (χ0v) is 14.0. The quantitative estimate of drug-likeness (QED) is 0.939. The van der Waals surface area contributed by atoms with E-state index in [1.165, 1.54) is 12.1 Å². The van der Waals surface area contributed by atoms with E-state index >= 15 is 0 Å². The van der Waals surface area contributed by atoms with Crippen LogP contribution in [0.2, 0.25) is 0 Å². The smallest absolute Gasteiger partial charge is 0.150 e. The number of hydrogen-bond acceptors (Lipinski definition) is 3. The Bertz CT molecular complexity index is 652. The zero-order valence-electron chi connectivity index (χ0n) is 14.0. The topological polar surface area (TPSA) is 36.6 Å². The van der Waals surface area contributed by atoms with E-state index in [1.807, 2.05) is 19.9 Å². The highest BCUT2D eigenvalue weighted by atomic mass is 19.1. The lowest BCUT2D eigenvalue weighted by Crippen LogP contribution is -2.43. The van der Waals surface area contributed by atoms with Gasteiger partial charge in [0.15, 0.2) is 0 Å². The molecule has 1 aromatic carbocycles. The fourth-order valence-electron chi connectivity index (χ4n) is 3.47. The standard InChI is InChI=1S/C19H24FNO2/c1-13-12-18(23-14(13)2)19(22,15-4-6-17(20)7-5-15)16-8-10-21(3)11-9-16/h4-7,12,16,22H,8-11H2,1-3H3. The molecule has 1 N–H and O–H groups in total. The van der Waals surface area contributed by atoms with Gasteiger partial charge in [-0.1, -0.05) is 12.1 Å². The van der Waals surface area contributed by atoms with Gasteiger partial charge in [0, 0.05) is 5.92 Å². The van der Waals surface area contributed by atoms with Crippen molar-refractivity contribution >= 4 is 0 Å². The average molecular weight is 317 g/mol. The van der Waals surface area contributed by atoms with Crippen molar-refractivity contribution in [1.29, 1.82) is 0 Å². The van der Waals surface area contributed by atoms with Crippen LogP contribution in [0.1, 0.15) is 35.5 Å². The summed E-state index contributed by atoms with van der Waals surface area (Å²) >= 11 is 0. The molecule has 1 fully saturated rings. The van der Waals surface area contributed by atoms with Crippen LogP contribution in [0.3, 0.4) is 0 Å². The number of halogens is 1. The molecule has 1 aliphatic rings. The monoisotopic (exact) mass is 317 g/mol. The number of furan rings is 1. The number of benzene rings is 1. The molecule has 0 bridgehead atoms. The lowest BCUT2D eigenvalue weighted by atomic mass is 9.74. The molecule has 0 aliphatic carbocycles. The summed E-state index contributed by atoms with van der Waals surface area (Å²) in [7, 11) is 2.09. The van der Waals surface area contributed by atoms with E-state index in [0.29, 0.717) is 11.3 Å². The summed E-state index contributed by atoms with van der Waals surface area (Å²) in [6.45, 7) is 5.75. The maximum atomic E-state index is 13.3. The number of piperidine rings is 1. The third-order valence-electron chi connectivity index (χ3n) is 5.14. The van der Waals surface area contributed by atoms with Gasteiger partial charge in [0.25, 0.3) is 0 Å². The molecule has 3 nitrogen and oxygen atoms in total. The van der Waals surface area contributed by atoms with Crippen LogP contribution < -0.4 is 0 Å². The molecule has 0 amide bonds. The van der Waals surface area contributed by atoms with Gasteiger partial charge in [-0.25, -0.2) is 4.39 Å². The Morgan fingerprint density at radius 1 is 1.17 bits per heavy atom. The normalized spacial score (nSPS) is 19.7. The largest absolute Gasteiger partial charge is 0.463 e. The first-order valence-corrected chi connectivity index (χ1v) is 8.15. The van der Waals surface area contributed by atoms with Crippen molar-refractivity contribution in [3.8, 4) is 0 Å². The first-order chi connectivity index (χ1) is 10.9. The summed E-state index contributed by atoms with van der Waals surface area (Å²) in [4.78, 5) is 2.26. The van der Waals surface area contributed by atoms with Gasteiger partial charge in [0.1, 0.15) is 22.9 Å². The zero-order chi connectivity index (χ0) is 16.6. The van der Waals surface area contributed by atoms with E-state index in [9.17, 15) is 9.50 Å². The number of likely N-dealkylation sites (tertiary alicyclic amines) is 1. The molecule has 2 aromatic rings. The Kier molecular flexibility index (Phi) is 4.30. The van der Waals surface area contributed by atoms with E-state index in [0.717, 1.165) is 37.3 Å². The highest BCUT2D eigenvalue weighted by molar-refractivity contribution is 5.35. The van der Waals surface area contributed by atoms with Crippen molar-refractivity contribution in [2.45, 2.75) is 32.3 Å². The van der Waals surface area contributed by atoms with E-state index < -0.39 is 5.60 Å². The van der Waals surface area contributed by atoms with Crippen LogP contribution in [0, 0.1) is 25.6 Å². The Morgan fingerprint density at radius 3 is 2.30 bits per heavy atom. The van der Waals surface area contributed by atoms with Crippen LogP contribution in [0.5, 0.6) is 0 Å². The van der Waals surface area contributed by atoms with Gasteiger partial charge in [-0.05, 0) is 76.2 Å². The second-order valence-corrected chi connectivity index (χ2v) is 6.70. The molecule has 2 heterocycles. The third-order valence-corrected chi connectivity index (χ3v) is 5.14. The van der Waals surface area contributed by atoms with Gasteiger partial charge >= 0.3 is 0 Å². The second kappa shape index (κ2) is 6.10. The van der Waals surface area contributed by atoms with E-state index in [1.54, 1.807) is 12.1 Å². The first-order valence-electron chi connectivity index (χ1n) is 8.15. The van der Waals surface area contributed by atoms with Crippen LogP contribution in [0.15, 0.2) is 34.7 Å². The molecule has 0 spiro atoms. The third kappa shape index (κ3) is 2.93. The minimum atomic E-state index is -1.21. The molecule has 23 heavy (non-hydrogen) atoms. The summed E-state index contributed by atoms with van der Waals surface area (Å²) in [5, 5.41) is 11.7. The lowest BCUT2D eigenvalue weighted by molar-refractivity contribution is -0.0278. The van der Waals surface area contributed by atoms with Crippen LogP contribution in [0.25, 0.3) is 0 Å². The highest BCUT2D eigenvalue weighted by Gasteiger charge is 2.44. The molecule has 0 saturated carbocycles. The van der Waals surface area contributed by atoms with Crippen LogP contribution in [0.4, 0.5) is 4.39 Å². The van der Waals surface area contributed by atoms with Gasteiger partial charge in [0.2, 0.25) is 0 Å². The van der Waals surface area contributed by atoms with Crippen LogP contribution >= 0.6 is 0 Å². The van der Waals surface area contributed by atoms with Crippen molar-refractivity contribution in [3.05, 3.63) is 58.8 Å². The van der Waals surface area contributed by atoms with Crippen LogP contribution in [-0.2, 0) is 5.60 Å². The molecule has 0 radical (unpaired) electrons. The molecule has 3 rings (SSSR count). The first kappa shape index (κ1) is 16.2. The molecular weight excluding hydrogens is 293 g/mol. The summed E-state index contributed by atoms with van der Waals surface area (Å²) < 4.78 is 19.2. The van der Waals surface area contributed by atoms with Crippen molar-refractivity contribution in [2.24, 2.45) is 5.92 Å². The van der Waals surface area contributed by atoms with E-state index in [-0.39, 0.29) is 11.7 Å². The Balaban J connectivity index is 2.06. The van der Waals surface area contributed by atoms with Gasteiger partial charge in [-0.15, -0.1) is 0 Å². The number of aryl methyl sites for hydroxylation is 2. The summed E-state index contributed by atoms with van der Waals surface area (Å²) in [6, 6.07) is 8.05. The molecule has 4 heteroatoms. The summed E-state index contributed by atoms with van der Waals surface area (Å²) in [5.41, 5.74) is 0.504. The maximum Gasteiger partial charge on any atom is 0.150 e. The van der Waals surface area contributed by atoms with Crippen molar-refractivity contribution in [1.82, 2.24) is 4.90 Å². The van der Waals surface area contributed by atoms with E-state index in [2.05, 4.69) is 11.9 Å². The minimum absolute atomic E-state index is 0.0501. The van der Waals surface area contributed by atoms with Gasteiger partial charge in [-0.3, -0.25) is 0 Å². The van der Waals surface area contributed by atoms with Crippen LogP contribution in [-0.4, -0.2) is 30.1 Å². The minimum Gasteiger partial charge on any atom is -0.463 e. The fourth-order valence-corrected chi connectivity index (χ4v) is 3.47. The number of nitrogens with zero attached hydrogens (tertiary/aromatic N) is 1. The van der Waals surface area contributed by atoms with Crippen molar-refractivity contribution < 1.29 is 13.9 Å². The Labute approximate surface area is 136 Å². The average Bonchev–Trinajstić information content (AvgIpc) is 2.88. The number of aliphatic hydroxyl groups is 1. The fraction of sp³-hybridized carbons (Fsp3) is 0.474. The van der Waals surface area contributed by atoms with Gasteiger partial charge < -0.3 is 14.4 Å².